The Morgan fingerprint density at radius 3 is 2.95 bits per heavy atom. The molecule has 1 N–H and O–H groups in total. The van der Waals surface area contributed by atoms with Crippen molar-refractivity contribution >= 4 is 26.5 Å². The van der Waals surface area contributed by atoms with Crippen molar-refractivity contribution in [2.75, 3.05) is 18.0 Å². The zero-order chi connectivity index (χ0) is 15.7. The number of sulfonamides is 1. The van der Waals surface area contributed by atoms with Crippen molar-refractivity contribution in [1.29, 1.82) is 0 Å². The number of halogens is 1. The molecule has 3 rings (SSSR count). The highest BCUT2D eigenvalue weighted by atomic mass is 32.2. The van der Waals surface area contributed by atoms with Crippen LogP contribution in [0.4, 0.5) is 9.52 Å². The Morgan fingerprint density at radius 2 is 2.27 bits per heavy atom. The van der Waals surface area contributed by atoms with E-state index in [1.54, 1.807) is 13.1 Å². The molecule has 0 saturated carbocycles. The first-order chi connectivity index (χ1) is 10.5. The van der Waals surface area contributed by atoms with E-state index in [0.717, 1.165) is 24.2 Å². The van der Waals surface area contributed by atoms with Crippen LogP contribution < -0.4 is 9.62 Å². The van der Waals surface area contributed by atoms with Crippen LogP contribution in [0.1, 0.15) is 12.0 Å². The fourth-order valence-corrected chi connectivity index (χ4v) is 4.77. The van der Waals surface area contributed by atoms with Gasteiger partial charge in [0.15, 0.2) is 5.13 Å². The van der Waals surface area contributed by atoms with E-state index in [0.29, 0.717) is 12.1 Å². The minimum absolute atomic E-state index is 0.126. The first kappa shape index (κ1) is 15.4. The molecule has 0 spiro atoms. The molecule has 8 heteroatoms. The van der Waals surface area contributed by atoms with Gasteiger partial charge in [-0.1, -0.05) is 0 Å². The average Bonchev–Trinajstić information content (AvgIpc) is 3.07. The minimum Gasteiger partial charge on any atom is -0.346 e. The third-order valence-electron chi connectivity index (χ3n) is 3.63. The predicted octanol–water partition coefficient (Wildman–Crippen LogP) is 2.15. The largest absolute Gasteiger partial charge is 0.346 e. The number of anilines is 1. The van der Waals surface area contributed by atoms with Gasteiger partial charge in [0.05, 0.1) is 4.90 Å². The van der Waals surface area contributed by atoms with Gasteiger partial charge in [0.1, 0.15) is 5.82 Å². The highest BCUT2D eigenvalue weighted by Gasteiger charge is 2.29. The van der Waals surface area contributed by atoms with Crippen molar-refractivity contribution in [1.82, 2.24) is 9.71 Å². The number of nitrogens with one attached hydrogen (secondary N) is 1. The van der Waals surface area contributed by atoms with Crippen LogP contribution in [0.15, 0.2) is 34.7 Å². The molecule has 1 aliphatic heterocycles. The van der Waals surface area contributed by atoms with Crippen LogP contribution in [0.2, 0.25) is 0 Å². The molecule has 1 atom stereocenters. The molecule has 2 heterocycles. The minimum atomic E-state index is -3.64. The van der Waals surface area contributed by atoms with Crippen molar-refractivity contribution in [2.24, 2.45) is 0 Å². The monoisotopic (exact) mass is 341 g/mol. The second-order valence-electron chi connectivity index (χ2n) is 5.28. The maximum atomic E-state index is 13.1. The lowest BCUT2D eigenvalue weighted by molar-refractivity contribution is 0.560. The average molecular weight is 341 g/mol. The van der Waals surface area contributed by atoms with E-state index in [9.17, 15) is 12.8 Å². The summed E-state index contributed by atoms with van der Waals surface area (Å²) in [5, 5.41) is 2.80. The van der Waals surface area contributed by atoms with E-state index in [1.165, 1.54) is 23.5 Å². The van der Waals surface area contributed by atoms with Crippen LogP contribution in [0.5, 0.6) is 0 Å². The van der Waals surface area contributed by atoms with Gasteiger partial charge in [-0.05, 0) is 37.1 Å². The molecular formula is C14H16FN3O2S2. The number of benzene rings is 1. The number of aryl methyl sites for hydroxylation is 1. The molecule has 1 aromatic carbocycles. The lowest BCUT2D eigenvalue weighted by atomic mass is 10.2. The summed E-state index contributed by atoms with van der Waals surface area (Å²) in [4.78, 5) is 6.43. The maximum absolute atomic E-state index is 13.1. The van der Waals surface area contributed by atoms with Gasteiger partial charge in [0.25, 0.3) is 0 Å². The molecule has 1 aliphatic rings. The zero-order valence-electron chi connectivity index (χ0n) is 12.0. The maximum Gasteiger partial charge on any atom is 0.241 e. The Morgan fingerprint density at radius 1 is 1.45 bits per heavy atom. The SMILES string of the molecule is Cc1cc(F)ccc1S(=O)(=O)NC1CCN(c2nccs2)C1. The molecule has 0 bridgehead atoms. The van der Waals surface area contributed by atoms with E-state index in [4.69, 9.17) is 0 Å². The Balaban J connectivity index is 1.73. The summed E-state index contributed by atoms with van der Waals surface area (Å²) in [5.41, 5.74) is 0.405. The summed E-state index contributed by atoms with van der Waals surface area (Å²) in [6, 6.07) is 3.53. The fourth-order valence-electron chi connectivity index (χ4n) is 2.60. The van der Waals surface area contributed by atoms with Gasteiger partial charge >= 0.3 is 0 Å². The fraction of sp³-hybridized carbons (Fsp3) is 0.357. The Labute approximate surface area is 132 Å². The highest BCUT2D eigenvalue weighted by molar-refractivity contribution is 7.89. The van der Waals surface area contributed by atoms with Crippen molar-refractivity contribution in [3.05, 3.63) is 41.2 Å². The number of rotatable bonds is 4. The smallest absolute Gasteiger partial charge is 0.241 e. The molecule has 5 nitrogen and oxygen atoms in total. The van der Waals surface area contributed by atoms with Gasteiger partial charge in [-0.15, -0.1) is 11.3 Å². The first-order valence-electron chi connectivity index (χ1n) is 6.88. The van der Waals surface area contributed by atoms with E-state index >= 15 is 0 Å². The first-order valence-corrected chi connectivity index (χ1v) is 9.25. The van der Waals surface area contributed by atoms with Crippen LogP contribution in [0, 0.1) is 12.7 Å². The number of nitrogens with zero attached hydrogens (tertiary/aromatic N) is 2. The molecule has 2 aromatic rings. The lowest BCUT2D eigenvalue weighted by Crippen LogP contribution is -2.37. The van der Waals surface area contributed by atoms with E-state index in [2.05, 4.69) is 14.6 Å². The van der Waals surface area contributed by atoms with Crippen LogP contribution >= 0.6 is 11.3 Å². The second kappa shape index (κ2) is 5.94. The molecule has 1 saturated heterocycles. The van der Waals surface area contributed by atoms with E-state index in [1.807, 2.05) is 5.38 Å². The van der Waals surface area contributed by atoms with Crippen molar-refractivity contribution in [3.8, 4) is 0 Å². The topological polar surface area (TPSA) is 62.3 Å². The van der Waals surface area contributed by atoms with E-state index in [-0.39, 0.29) is 10.9 Å². The molecular weight excluding hydrogens is 325 g/mol. The normalized spacial score (nSPS) is 18.8. The third kappa shape index (κ3) is 3.13. The summed E-state index contributed by atoms with van der Waals surface area (Å²) >= 11 is 1.54. The van der Waals surface area contributed by atoms with Gasteiger partial charge in [0, 0.05) is 30.7 Å². The molecule has 1 aromatic heterocycles. The summed E-state index contributed by atoms with van der Waals surface area (Å²) in [7, 11) is -3.64. The molecule has 22 heavy (non-hydrogen) atoms. The summed E-state index contributed by atoms with van der Waals surface area (Å²) in [6.07, 6.45) is 2.46. The van der Waals surface area contributed by atoms with Crippen molar-refractivity contribution < 1.29 is 12.8 Å². The molecule has 1 fully saturated rings. The number of hydrogen-bond acceptors (Lipinski definition) is 5. The standard InChI is InChI=1S/C14H16FN3O2S2/c1-10-8-11(15)2-3-13(10)22(19,20)17-12-4-6-18(9-12)14-16-5-7-21-14/h2-3,5,7-8,12,17H,4,6,9H2,1H3. The molecule has 0 radical (unpaired) electrons. The lowest BCUT2D eigenvalue weighted by Gasteiger charge is -2.16. The number of aromatic nitrogens is 1. The Kier molecular flexibility index (Phi) is 4.16. The zero-order valence-corrected chi connectivity index (χ0v) is 13.6. The molecule has 1 unspecified atom stereocenters. The summed E-state index contributed by atoms with van der Waals surface area (Å²) in [5.74, 6) is -0.438. The third-order valence-corrected chi connectivity index (χ3v) is 6.14. The van der Waals surface area contributed by atoms with Gasteiger partial charge in [0.2, 0.25) is 10.0 Å². The number of thiazole rings is 1. The van der Waals surface area contributed by atoms with Crippen molar-refractivity contribution in [3.63, 3.8) is 0 Å². The van der Waals surface area contributed by atoms with Gasteiger partial charge in [-0.25, -0.2) is 22.5 Å². The quantitative estimate of drug-likeness (QED) is 0.926. The predicted molar refractivity (Wildman–Crippen MR) is 84.2 cm³/mol. The van der Waals surface area contributed by atoms with Crippen LogP contribution in [0.25, 0.3) is 0 Å². The Hall–Kier alpha value is -1.51. The van der Waals surface area contributed by atoms with Crippen LogP contribution in [-0.2, 0) is 10.0 Å². The van der Waals surface area contributed by atoms with Crippen LogP contribution in [0.3, 0.4) is 0 Å². The summed E-state index contributed by atoms with van der Waals surface area (Å²) < 4.78 is 40.7. The highest BCUT2D eigenvalue weighted by Crippen LogP contribution is 2.24. The molecule has 0 amide bonds. The van der Waals surface area contributed by atoms with Crippen molar-refractivity contribution in [2.45, 2.75) is 24.3 Å². The van der Waals surface area contributed by atoms with Crippen LogP contribution in [-0.4, -0.2) is 32.5 Å². The molecule has 118 valence electrons. The van der Waals surface area contributed by atoms with E-state index < -0.39 is 15.8 Å². The van der Waals surface area contributed by atoms with Gasteiger partial charge in [-0.3, -0.25) is 0 Å². The Bertz CT molecular complexity index is 762. The van der Waals surface area contributed by atoms with Gasteiger partial charge < -0.3 is 4.90 Å². The summed E-state index contributed by atoms with van der Waals surface area (Å²) in [6.45, 7) is 2.95. The second-order valence-corrected chi connectivity index (χ2v) is 7.83. The number of hydrogen-bond donors (Lipinski definition) is 1. The van der Waals surface area contributed by atoms with Gasteiger partial charge in [-0.2, -0.15) is 0 Å². The molecule has 0 aliphatic carbocycles.